The molecule has 0 aromatic heterocycles. The van der Waals surface area contributed by atoms with Gasteiger partial charge in [-0.25, -0.2) is 0 Å². The highest BCUT2D eigenvalue weighted by atomic mass is 16.3. The van der Waals surface area contributed by atoms with Gasteiger partial charge >= 0.3 is 0 Å². The molecule has 2 unspecified atom stereocenters. The van der Waals surface area contributed by atoms with Crippen molar-refractivity contribution in [1.29, 1.82) is 0 Å². The van der Waals surface area contributed by atoms with E-state index in [2.05, 4.69) is 10.2 Å². The Balaban J connectivity index is 1.71. The van der Waals surface area contributed by atoms with Crippen LogP contribution in [0.25, 0.3) is 0 Å². The third kappa shape index (κ3) is 3.94. The molecule has 3 nitrogen and oxygen atoms in total. The van der Waals surface area contributed by atoms with Gasteiger partial charge in [-0.2, -0.15) is 0 Å². The molecule has 0 aromatic carbocycles. The molecule has 1 saturated heterocycles. The molecule has 0 radical (unpaired) electrons. The monoisotopic (exact) mass is 240 g/mol. The van der Waals surface area contributed by atoms with Crippen LogP contribution in [-0.2, 0) is 0 Å². The first kappa shape index (κ1) is 13.3. The van der Waals surface area contributed by atoms with Gasteiger partial charge in [-0.1, -0.05) is 25.7 Å². The van der Waals surface area contributed by atoms with Crippen molar-refractivity contribution in [2.24, 2.45) is 5.92 Å². The predicted molar refractivity (Wildman–Crippen MR) is 71.1 cm³/mol. The van der Waals surface area contributed by atoms with Crippen LogP contribution in [-0.4, -0.2) is 48.8 Å². The van der Waals surface area contributed by atoms with Gasteiger partial charge in [0.25, 0.3) is 0 Å². The van der Waals surface area contributed by atoms with Crippen LogP contribution >= 0.6 is 0 Å². The highest BCUT2D eigenvalue weighted by Gasteiger charge is 2.27. The van der Waals surface area contributed by atoms with E-state index in [1.807, 2.05) is 7.05 Å². The van der Waals surface area contributed by atoms with Crippen molar-refractivity contribution in [2.75, 3.05) is 26.7 Å². The fourth-order valence-corrected chi connectivity index (χ4v) is 3.58. The highest BCUT2D eigenvalue weighted by Crippen LogP contribution is 2.29. The molecule has 1 aliphatic carbocycles. The van der Waals surface area contributed by atoms with Crippen molar-refractivity contribution < 1.29 is 5.11 Å². The second-order valence-corrected chi connectivity index (χ2v) is 5.89. The Morgan fingerprint density at radius 2 is 2.00 bits per heavy atom. The maximum atomic E-state index is 10.2. The van der Waals surface area contributed by atoms with Crippen LogP contribution in [0.5, 0.6) is 0 Å². The van der Waals surface area contributed by atoms with Crippen molar-refractivity contribution in [3.63, 3.8) is 0 Å². The van der Waals surface area contributed by atoms with Crippen LogP contribution in [0.3, 0.4) is 0 Å². The van der Waals surface area contributed by atoms with Crippen molar-refractivity contribution in [3.05, 3.63) is 0 Å². The van der Waals surface area contributed by atoms with Crippen molar-refractivity contribution in [3.8, 4) is 0 Å². The lowest BCUT2D eigenvalue weighted by atomic mass is 9.99. The zero-order valence-corrected chi connectivity index (χ0v) is 11.2. The quantitative estimate of drug-likeness (QED) is 0.740. The molecule has 0 amide bonds. The van der Waals surface area contributed by atoms with Crippen LogP contribution in [0.15, 0.2) is 0 Å². The molecule has 0 spiro atoms. The molecule has 3 heteroatoms. The smallest absolute Gasteiger partial charge is 0.0669 e. The summed E-state index contributed by atoms with van der Waals surface area (Å²) in [5.41, 5.74) is 0. The normalized spacial score (nSPS) is 28.9. The maximum Gasteiger partial charge on any atom is 0.0669 e. The molecule has 2 atom stereocenters. The first-order valence-electron chi connectivity index (χ1n) is 7.36. The van der Waals surface area contributed by atoms with Crippen LogP contribution in [0.2, 0.25) is 0 Å². The third-order valence-corrected chi connectivity index (χ3v) is 4.46. The Kier molecular flexibility index (Phi) is 5.26. The lowest BCUT2D eigenvalue weighted by Crippen LogP contribution is -2.41. The zero-order valence-electron chi connectivity index (χ0n) is 11.2. The number of aliphatic hydroxyl groups is 1. The van der Waals surface area contributed by atoms with Gasteiger partial charge in [0.15, 0.2) is 0 Å². The van der Waals surface area contributed by atoms with Crippen LogP contribution < -0.4 is 5.32 Å². The first-order valence-corrected chi connectivity index (χ1v) is 7.36. The second-order valence-electron chi connectivity index (χ2n) is 5.89. The summed E-state index contributed by atoms with van der Waals surface area (Å²) in [6.07, 6.45) is 8.96. The van der Waals surface area contributed by atoms with E-state index in [1.165, 1.54) is 45.1 Å². The van der Waals surface area contributed by atoms with Crippen molar-refractivity contribution in [2.45, 2.75) is 57.1 Å². The van der Waals surface area contributed by atoms with Crippen LogP contribution in [0, 0.1) is 5.92 Å². The van der Waals surface area contributed by atoms with Crippen molar-refractivity contribution in [1.82, 2.24) is 10.2 Å². The molecule has 0 bridgehead atoms. The molecule has 2 rings (SSSR count). The molecule has 1 aliphatic heterocycles. The summed E-state index contributed by atoms with van der Waals surface area (Å²) in [5, 5.41) is 13.5. The summed E-state index contributed by atoms with van der Waals surface area (Å²) in [5.74, 6) is 0.801. The largest absolute Gasteiger partial charge is 0.392 e. The molecule has 17 heavy (non-hydrogen) atoms. The Hall–Kier alpha value is -0.120. The number of nitrogens with zero attached hydrogens (tertiary/aromatic N) is 1. The molecule has 2 aliphatic rings. The summed E-state index contributed by atoms with van der Waals surface area (Å²) < 4.78 is 0. The van der Waals surface area contributed by atoms with Gasteiger partial charge < -0.3 is 10.4 Å². The minimum atomic E-state index is -0.101. The predicted octanol–water partition coefficient (Wildman–Crippen LogP) is 1.61. The summed E-state index contributed by atoms with van der Waals surface area (Å²) in [6.45, 7) is 3.13. The fourth-order valence-electron chi connectivity index (χ4n) is 3.58. The van der Waals surface area contributed by atoms with Gasteiger partial charge in [-0.15, -0.1) is 0 Å². The van der Waals surface area contributed by atoms with Gasteiger partial charge in [0, 0.05) is 19.1 Å². The Labute approximate surface area is 106 Å². The number of hydrogen-bond acceptors (Lipinski definition) is 3. The number of rotatable bonds is 6. The molecule has 100 valence electrons. The zero-order chi connectivity index (χ0) is 12.1. The lowest BCUT2D eigenvalue weighted by molar-refractivity contribution is 0.0857. The molecular formula is C14H28N2O. The van der Waals surface area contributed by atoms with Gasteiger partial charge in [0.05, 0.1) is 6.10 Å². The molecule has 1 saturated carbocycles. The third-order valence-electron chi connectivity index (χ3n) is 4.46. The minimum absolute atomic E-state index is 0.101. The SMILES string of the molecule is CNCC1CCCN1CC(O)CC1CCCC1. The number of likely N-dealkylation sites (tertiary alicyclic amines) is 1. The topological polar surface area (TPSA) is 35.5 Å². The van der Waals surface area contributed by atoms with Crippen LogP contribution in [0.1, 0.15) is 44.9 Å². The maximum absolute atomic E-state index is 10.2. The van der Waals surface area contributed by atoms with E-state index in [-0.39, 0.29) is 6.10 Å². The number of aliphatic hydroxyl groups excluding tert-OH is 1. The Morgan fingerprint density at radius 3 is 2.71 bits per heavy atom. The van der Waals surface area contributed by atoms with E-state index in [0.29, 0.717) is 6.04 Å². The molecular weight excluding hydrogens is 212 g/mol. The molecule has 1 heterocycles. The molecule has 2 fully saturated rings. The van der Waals surface area contributed by atoms with Gasteiger partial charge in [-0.3, -0.25) is 4.90 Å². The average Bonchev–Trinajstić information content (AvgIpc) is 2.92. The summed E-state index contributed by atoms with van der Waals surface area (Å²) in [6, 6.07) is 0.651. The summed E-state index contributed by atoms with van der Waals surface area (Å²) in [7, 11) is 2.02. The Bertz CT molecular complexity index is 216. The second kappa shape index (κ2) is 6.72. The Morgan fingerprint density at radius 1 is 1.24 bits per heavy atom. The van der Waals surface area contributed by atoms with Gasteiger partial charge in [0.1, 0.15) is 0 Å². The number of β-amino-alcohol motifs (C(OH)–C–C–N with tert-alkyl or cyclic N) is 1. The van der Waals surface area contributed by atoms with Crippen molar-refractivity contribution >= 4 is 0 Å². The first-order chi connectivity index (χ1) is 8.29. The highest BCUT2D eigenvalue weighted by molar-refractivity contribution is 4.83. The van der Waals surface area contributed by atoms with Gasteiger partial charge in [0.2, 0.25) is 0 Å². The minimum Gasteiger partial charge on any atom is -0.392 e. The summed E-state index contributed by atoms with van der Waals surface area (Å²) >= 11 is 0. The standard InChI is InChI=1S/C14H28N2O/c1-15-10-13-7-4-8-16(13)11-14(17)9-12-5-2-3-6-12/h12-15,17H,2-11H2,1H3. The number of hydrogen-bond donors (Lipinski definition) is 2. The fraction of sp³-hybridized carbons (Fsp3) is 1.00. The van der Waals surface area contributed by atoms with E-state index in [1.54, 1.807) is 0 Å². The number of likely N-dealkylation sites (N-methyl/N-ethyl adjacent to an activating group) is 1. The lowest BCUT2D eigenvalue weighted by Gasteiger charge is -2.27. The van der Waals surface area contributed by atoms with E-state index >= 15 is 0 Å². The molecule has 2 N–H and O–H groups in total. The van der Waals surface area contributed by atoms with Crippen LogP contribution in [0.4, 0.5) is 0 Å². The van der Waals surface area contributed by atoms with Gasteiger partial charge in [-0.05, 0) is 38.8 Å². The van der Waals surface area contributed by atoms with E-state index in [4.69, 9.17) is 0 Å². The number of nitrogens with one attached hydrogen (secondary N) is 1. The summed E-state index contributed by atoms with van der Waals surface area (Å²) in [4.78, 5) is 2.48. The molecule has 0 aromatic rings. The van der Waals surface area contributed by atoms with E-state index in [0.717, 1.165) is 25.4 Å². The van der Waals surface area contributed by atoms with E-state index < -0.39 is 0 Å². The average molecular weight is 240 g/mol. The van der Waals surface area contributed by atoms with E-state index in [9.17, 15) is 5.11 Å².